The van der Waals surface area contributed by atoms with E-state index in [0.29, 0.717) is 28.0 Å². The van der Waals surface area contributed by atoms with E-state index >= 15 is 0 Å². The third-order valence-corrected chi connectivity index (χ3v) is 6.43. The quantitative estimate of drug-likeness (QED) is 0.285. The van der Waals surface area contributed by atoms with Crippen molar-refractivity contribution in [1.29, 1.82) is 0 Å². The van der Waals surface area contributed by atoms with E-state index in [-0.39, 0.29) is 29.8 Å². The number of anilines is 2. The number of ether oxygens (including phenoxy) is 2. The zero-order chi connectivity index (χ0) is 25.9. The minimum absolute atomic E-state index is 0.0610. The fourth-order valence-electron chi connectivity index (χ4n) is 3.70. The Morgan fingerprint density at radius 1 is 1.14 bits per heavy atom. The van der Waals surface area contributed by atoms with Gasteiger partial charge in [0.15, 0.2) is 16.7 Å². The molecule has 0 aromatic heterocycles. The summed E-state index contributed by atoms with van der Waals surface area (Å²) < 4.78 is 10.8. The highest BCUT2D eigenvalue weighted by Gasteiger charge is 2.32. The van der Waals surface area contributed by atoms with E-state index in [4.69, 9.17) is 9.47 Å². The van der Waals surface area contributed by atoms with Crippen LogP contribution >= 0.6 is 11.8 Å². The van der Waals surface area contributed by atoms with Crippen LogP contribution < -0.4 is 19.7 Å². The van der Waals surface area contributed by atoms with Crippen LogP contribution in [0.15, 0.2) is 77.4 Å². The number of amidine groups is 1. The molecule has 2 aliphatic heterocycles. The second kappa shape index (κ2) is 10.2. The number of rotatable bonds is 6. The summed E-state index contributed by atoms with van der Waals surface area (Å²) in [7, 11) is 0. The van der Waals surface area contributed by atoms with Crippen molar-refractivity contribution in [3.63, 3.8) is 0 Å². The van der Waals surface area contributed by atoms with Crippen molar-refractivity contribution < 1.29 is 24.0 Å². The summed E-state index contributed by atoms with van der Waals surface area (Å²) in [4.78, 5) is 42.4. The maximum Gasteiger partial charge on any atom is 0.283 e. The second-order valence-electron chi connectivity index (χ2n) is 8.16. The van der Waals surface area contributed by atoms with Crippen molar-refractivity contribution in [2.45, 2.75) is 6.92 Å². The summed E-state index contributed by atoms with van der Waals surface area (Å²) in [5.74, 6) is 0.442. The lowest BCUT2D eigenvalue weighted by molar-refractivity contribution is -0.384. The number of non-ortho nitro benzene ring substituents is 1. The van der Waals surface area contributed by atoms with Crippen molar-refractivity contribution >= 4 is 51.9 Å². The fourth-order valence-corrected chi connectivity index (χ4v) is 4.51. The van der Waals surface area contributed by atoms with Crippen molar-refractivity contribution in [1.82, 2.24) is 0 Å². The van der Waals surface area contributed by atoms with Gasteiger partial charge in [-0.2, -0.15) is 0 Å². The van der Waals surface area contributed by atoms with Crippen LogP contribution in [0.3, 0.4) is 0 Å². The Balaban J connectivity index is 1.37. The Labute approximate surface area is 215 Å². The number of nitro groups is 1. The second-order valence-corrected chi connectivity index (χ2v) is 9.10. The first-order valence-electron chi connectivity index (χ1n) is 11.2. The first-order chi connectivity index (χ1) is 17.9. The first kappa shape index (κ1) is 24.1. The molecule has 2 amide bonds. The normalized spacial score (nSPS) is 15.2. The predicted molar refractivity (Wildman–Crippen MR) is 141 cm³/mol. The van der Waals surface area contributed by atoms with Crippen LogP contribution in [0.5, 0.6) is 11.5 Å². The van der Waals surface area contributed by atoms with Crippen LogP contribution in [0.1, 0.15) is 11.1 Å². The van der Waals surface area contributed by atoms with Crippen LogP contribution in [0.4, 0.5) is 17.1 Å². The smallest absolute Gasteiger partial charge is 0.283 e. The van der Waals surface area contributed by atoms with Gasteiger partial charge < -0.3 is 14.8 Å². The third kappa shape index (κ3) is 5.31. The molecule has 0 fully saturated rings. The number of benzene rings is 3. The Morgan fingerprint density at radius 3 is 2.70 bits per heavy atom. The molecule has 5 rings (SSSR count). The SMILES string of the molecule is Cc1ccc(N2C(=O)C(=Cc3ccc4c(c3)OCO4)N=C2SCC(=O)Nc2cccc([N+](=O)[O-])c2)cc1. The molecule has 3 aromatic rings. The zero-order valence-electron chi connectivity index (χ0n) is 19.5. The highest BCUT2D eigenvalue weighted by Crippen LogP contribution is 2.34. The maximum atomic E-state index is 13.4. The van der Waals surface area contributed by atoms with Crippen LogP contribution in [-0.2, 0) is 9.59 Å². The molecule has 1 N–H and O–H groups in total. The van der Waals surface area contributed by atoms with Gasteiger partial charge in [-0.25, -0.2) is 4.99 Å². The third-order valence-electron chi connectivity index (χ3n) is 5.49. The van der Waals surface area contributed by atoms with Crippen molar-refractivity contribution in [2.24, 2.45) is 4.99 Å². The lowest BCUT2D eigenvalue weighted by Crippen LogP contribution is -2.31. The minimum Gasteiger partial charge on any atom is -0.454 e. The molecule has 3 aromatic carbocycles. The number of nitrogens with zero attached hydrogens (tertiary/aromatic N) is 3. The van der Waals surface area contributed by atoms with E-state index in [1.54, 1.807) is 30.3 Å². The van der Waals surface area contributed by atoms with Gasteiger partial charge in [0, 0.05) is 17.8 Å². The first-order valence-corrected chi connectivity index (χ1v) is 12.1. The van der Waals surface area contributed by atoms with Crippen LogP contribution in [-0.4, -0.2) is 34.5 Å². The fraction of sp³-hybridized carbons (Fsp3) is 0.115. The molecule has 186 valence electrons. The summed E-state index contributed by atoms with van der Waals surface area (Å²) in [5, 5.41) is 14.0. The molecule has 10 nitrogen and oxygen atoms in total. The van der Waals surface area contributed by atoms with E-state index in [9.17, 15) is 19.7 Å². The molecule has 37 heavy (non-hydrogen) atoms. The number of amides is 2. The molecule has 0 radical (unpaired) electrons. The van der Waals surface area contributed by atoms with Gasteiger partial charge in [0.05, 0.1) is 16.4 Å². The Bertz CT molecular complexity index is 1470. The molecule has 0 saturated carbocycles. The number of hydrogen-bond donors (Lipinski definition) is 1. The van der Waals surface area contributed by atoms with Crippen molar-refractivity contribution in [3.8, 4) is 11.5 Å². The Hall–Kier alpha value is -4.64. The van der Waals surface area contributed by atoms with Gasteiger partial charge in [-0.15, -0.1) is 0 Å². The summed E-state index contributed by atoms with van der Waals surface area (Å²) in [6.45, 7) is 2.09. The van der Waals surface area contributed by atoms with E-state index in [1.807, 2.05) is 31.2 Å². The predicted octanol–water partition coefficient (Wildman–Crippen LogP) is 4.75. The number of carbonyl (C=O) groups is 2. The molecule has 0 aliphatic carbocycles. The van der Waals surface area contributed by atoms with Crippen molar-refractivity contribution in [3.05, 3.63) is 93.7 Å². The lowest BCUT2D eigenvalue weighted by atomic mass is 10.1. The highest BCUT2D eigenvalue weighted by atomic mass is 32.2. The summed E-state index contributed by atoms with van der Waals surface area (Å²) >= 11 is 1.09. The molecule has 0 atom stereocenters. The van der Waals surface area contributed by atoms with Gasteiger partial charge in [-0.05, 0) is 48.9 Å². The van der Waals surface area contributed by atoms with Crippen LogP contribution in [0.25, 0.3) is 6.08 Å². The number of thioether (sulfide) groups is 1. The monoisotopic (exact) mass is 516 g/mol. The van der Waals surface area contributed by atoms with Crippen molar-refractivity contribution in [2.75, 3.05) is 22.8 Å². The summed E-state index contributed by atoms with van der Waals surface area (Å²) in [6.07, 6.45) is 1.65. The average Bonchev–Trinajstić information content (AvgIpc) is 3.47. The summed E-state index contributed by atoms with van der Waals surface area (Å²) in [6, 6.07) is 18.4. The average molecular weight is 517 g/mol. The molecule has 0 unspecified atom stereocenters. The molecule has 11 heteroatoms. The molecular formula is C26H20N4O6S. The molecule has 0 spiro atoms. The van der Waals surface area contributed by atoms with Gasteiger partial charge in [-0.1, -0.05) is 41.6 Å². The topological polar surface area (TPSA) is 123 Å². The van der Waals surface area contributed by atoms with Crippen LogP contribution in [0, 0.1) is 17.0 Å². The number of carbonyl (C=O) groups excluding carboxylic acids is 2. The van der Waals surface area contributed by atoms with E-state index < -0.39 is 10.8 Å². The number of nitrogens with one attached hydrogen (secondary N) is 1. The molecule has 2 aliphatic rings. The number of hydrogen-bond acceptors (Lipinski definition) is 8. The molecular weight excluding hydrogens is 496 g/mol. The van der Waals surface area contributed by atoms with Gasteiger partial charge in [0.2, 0.25) is 12.7 Å². The Morgan fingerprint density at radius 2 is 1.92 bits per heavy atom. The standard InChI is InChI=1S/C26H20N4O6S/c1-16-5-8-19(9-6-16)29-25(32)21(11-17-7-10-22-23(12-17)36-15-35-22)28-26(29)37-14-24(31)27-18-3-2-4-20(13-18)30(33)34/h2-13H,14-15H2,1H3,(H,27,31). The number of nitro benzene ring substituents is 1. The van der Waals surface area contributed by atoms with Gasteiger partial charge >= 0.3 is 0 Å². The maximum absolute atomic E-state index is 13.4. The molecule has 0 saturated heterocycles. The number of fused-ring (bicyclic) bond motifs is 1. The Kier molecular flexibility index (Phi) is 6.60. The molecule has 2 heterocycles. The van der Waals surface area contributed by atoms with Gasteiger partial charge in [0.1, 0.15) is 5.70 Å². The molecule has 0 bridgehead atoms. The van der Waals surface area contributed by atoms with E-state index in [0.717, 1.165) is 22.9 Å². The highest BCUT2D eigenvalue weighted by molar-refractivity contribution is 8.14. The van der Waals surface area contributed by atoms with Gasteiger partial charge in [0.25, 0.3) is 11.6 Å². The minimum atomic E-state index is -0.531. The van der Waals surface area contributed by atoms with E-state index in [1.165, 1.54) is 23.1 Å². The van der Waals surface area contributed by atoms with Crippen LogP contribution in [0.2, 0.25) is 0 Å². The van der Waals surface area contributed by atoms with Gasteiger partial charge in [-0.3, -0.25) is 24.6 Å². The number of aryl methyl sites for hydroxylation is 1. The van der Waals surface area contributed by atoms with E-state index in [2.05, 4.69) is 10.3 Å². The number of aliphatic imine (C=N–C) groups is 1. The largest absolute Gasteiger partial charge is 0.454 e. The summed E-state index contributed by atoms with van der Waals surface area (Å²) in [5.41, 5.74) is 2.77. The zero-order valence-corrected chi connectivity index (χ0v) is 20.4. The lowest BCUT2D eigenvalue weighted by Gasteiger charge is -2.18.